The van der Waals surface area contributed by atoms with E-state index in [-0.39, 0.29) is 11.9 Å². The molecule has 0 radical (unpaired) electrons. The van der Waals surface area contributed by atoms with Gasteiger partial charge >= 0.3 is 0 Å². The molecule has 0 aromatic carbocycles. The van der Waals surface area contributed by atoms with Crippen LogP contribution in [0.4, 0.5) is 0 Å². The molecule has 3 heterocycles. The van der Waals surface area contributed by atoms with Crippen molar-refractivity contribution in [3.63, 3.8) is 0 Å². The number of ether oxygens (including phenoxy) is 1. The number of amides is 1. The molecule has 1 atom stereocenters. The van der Waals surface area contributed by atoms with Crippen molar-refractivity contribution in [2.24, 2.45) is 0 Å². The minimum atomic E-state index is 0.0991. The van der Waals surface area contributed by atoms with Crippen molar-refractivity contribution in [3.05, 3.63) is 41.7 Å². The Kier molecular flexibility index (Phi) is 5.75. The predicted molar refractivity (Wildman–Crippen MR) is 93.0 cm³/mol. The lowest BCUT2D eigenvalue weighted by Crippen LogP contribution is -2.49. The second-order valence-corrected chi connectivity index (χ2v) is 6.41. The smallest absolute Gasteiger partial charge is 0.224 e. The summed E-state index contributed by atoms with van der Waals surface area (Å²) in [5.41, 5.74) is 2.91. The first-order chi connectivity index (χ1) is 12.1. The molecule has 1 amide bonds. The Morgan fingerprint density at radius 2 is 2.16 bits per heavy atom. The Labute approximate surface area is 148 Å². The molecule has 0 aliphatic carbocycles. The number of carbonyl (C=O) groups excluding carboxylic acids is 1. The minimum Gasteiger partial charge on any atom is -0.377 e. The molecule has 0 N–H and O–H groups in total. The number of aryl methyl sites for hydroxylation is 4. The fourth-order valence-electron chi connectivity index (χ4n) is 3.15. The molecule has 7 nitrogen and oxygen atoms in total. The highest BCUT2D eigenvalue weighted by Gasteiger charge is 2.27. The standard InChI is InChI=1S/C18H25N5O2/c1-14-5-9-22(21-14)10-6-18(24)23-11-12-25-13-16(23)3-4-17-15(2)19-7-8-20-17/h5,7-9,16H,3-4,6,10-13H2,1-2H3. The van der Waals surface area contributed by atoms with E-state index in [1.54, 1.807) is 12.4 Å². The number of nitrogens with zero attached hydrogens (tertiary/aromatic N) is 5. The van der Waals surface area contributed by atoms with Crippen molar-refractivity contribution < 1.29 is 9.53 Å². The van der Waals surface area contributed by atoms with E-state index in [1.807, 2.05) is 35.7 Å². The average Bonchev–Trinajstić information content (AvgIpc) is 3.04. The van der Waals surface area contributed by atoms with Crippen molar-refractivity contribution in [1.29, 1.82) is 0 Å². The lowest BCUT2D eigenvalue weighted by Gasteiger charge is -2.36. The van der Waals surface area contributed by atoms with E-state index in [9.17, 15) is 4.79 Å². The average molecular weight is 343 g/mol. The molecule has 1 unspecified atom stereocenters. The summed E-state index contributed by atoms with van der Waals surface area (Å²) in [6.45, 7) is 6.37. The number of morpholine rings is 1. The van der Waals surface area contributed by atoms with E-state index in [0.717, 1.165) is 29.9 Å². The third kappa shape index (κ3) is 4.63. The summed E-state index contributed by atoms with van der Waals surface area (Å²) in [7, 11) is 0. The van der Waals surface area contributed by atoms with Crippen LogP contribution in [-0.2, 0) is 22.5 Å². The van der Waals surface area contributed by atoms with Gasteiger partial charge in [-0.2, -0.15) is 5.10 Å². The van der Waals surface area contributed by atoms with Crippen molar-refractivity contribution in [1.82, 2.24) is 24.6 Å². The molecule has 2 aromatic heterocycles. The van der Waals surface area contributed by atoms with Gasteiger partial charge in [0.15, 0.2) is 0 Å². The lowest BCUT2D eigenvalue weighted by molar-refractivity contribution is -0.140. The molecule has 134 valence electrons. The molecular formula is C18H25N5O2. The van der Waals surface area contributed by atoms with Gasteiger partial charge in [-0.3, -0.25) is 19.4 Å². The zero-order valence-corrected chi connectivity index (χ0v) is 14.9. The second kappa shape index (κ2) is 8.20. The van der Waals surface area contributed by atoms with E-state index >= 15 is 0 Å². The van der Waals surface area contributed by atoms with Crippen LogP contribution in [0, 0.1) is 13.8 Å². The fraction of sp³-hybridized carbons (Fsp3) is 0.556. The van der Waals surface area contributed by atoms with Gasteiger partial charge in [0.05, 0.1) is 36.3 Å². The highest BCUT2D eigenvalue weighted by Crippen LogP contribution is 2.16. The molecule has 3 rings (SSSR count). The van der Waals surface area contributed by atoms with E-state index in [2.05, 4.69) is 15.1 Å². The molecule has 1 aliphatic heterocycles. The van der Waals surface area contributed by atoms with Crippen LogP contribution in [0.15, 0.2) is 24.7 Å². The molecule has 25 heavy (non-hydrogen) atoms. The Balaban J connectivity index is 1.56. The number of hydrogen-bond donors (Lipinski definition) is 0. The summed E-state index contributed by atoms with van der Waals surface area (Å²) in [4.78, 5) is 23.3. The predicted octanol–water partition coefficient (Wildman–Crippen LogP) is 1.54. The fourth-order valence-corrected chi connectivity index (χ4v) is 3.15. The molecule has 1 saturated heterocycles. The SMILES string of the molecule is Cc1ccn(CCC(=O)N2CCOCC2CCc2nccnc2C)n1. The lowest BCUT2D eigenvalue weighted by atomic mass is 10.1. The van der Waals surface area contributed by atoms with Gasteiger partial charge in [-0.05, 0) is 32.8 Å². The van der Waals surface area contributed by atoms with Gasteiger partial charge in [-0.15, -0.1) is 0 Å². The quantitative estimate of drug-likeness (QED) is 0.795. The van der Waals surface area contributed by atoms with E-state index in [0.29, 0.717) is 32.7 Å². The largest absolute Gasteiger partial charge is 0.377 e. The van der Waals surface area contributed by atoms with Crippen molar-refractivity contribution in [2.75, 3.05) is 19.8 Å². The van der Waals surface area contributed by atoms with E-state index < -0.39 is 0 Å². The zero-order valence-electron chi connectivity index (χ0n) is 14.9. The Hall–Kier alpha value is -2.28. The first-order valence-electron chi connectivity index (χ1n) is 8.77. The van der Waals surface area contributed by atoms with Crippen molar-refractivity contribution in [3.8, 4) is 0 Å². The minimum absolute atomic E-state index is 0.0991. The first kappa shape index (κ1) is 17.5. The summed E-state index contributed by atoms with van der Waals surface area (Å²) in [5, 5.41) is 4.34. The topological polar surface area (TPSA) is 73.1 Å². The van der Waals surface area contributed by atoms with Crippen LogP contribution in [0.25, 0.3) is 0 Å². The van der Waals surface area contributed by atoms with Gasteiger partial charge in [-0.25, -0.2) is 0 Å². The molecular weight excluding hydrogens is 318 g/mol. The maximum atomic E-state index is 12.7. The second-order valence-electron chi connectivity index (χ2n) is 6.41. The molecule has 0 spiro atoms. The maximum Gasteiger partial charge on any atom is 0.224 e. The van der Waals surface area contributed by atoms with Crippen molar-refractivity contribution in [2.45, 2.75) is 45.7 Å². The van der Waals surface area contributed by atoms with Crippen LogP contribution in [0.3, 0.4) is 0 Å². The Morgan fingerprint density at radius 3 is 2.92 bits per heavy atom. The summed E-state index contributed by atoms with van der Waals surface area (Å²) in [5.74, 6) is 0.164. The van der Waals surface area contributed by atoms with Gasteiger partial charge < -0.3 is 9.64 Å². The normalized spacial score (nSPS) is 17.7. The van der Waals surface area contributed by atoms with E-state index in [1.165, 1.54) is 0 Å². The highest BCUT2D eigenvalue weighted by molar-refractivity contribution is 5.76. The van der Waals surface area contributed by atoms with Gasteiger partial charge in [0.2, 0.25) is 5.91 Å². The van der Waals surface area contributed by atoms with Crippen LogP contribution in [0.1, 0.15) is 29.9 Å². The molecule has 1 aliphatic rings. The number of rotatable bonds is 6. The van der Waals surface area contributed by atoms with Crippen LogP contribution in [0.5, 0.6) is 0 Å². The summed E-state index contributed by atoms with van der Waals surface area (Å²) < 4.78 is 7.42. The Morgan fingerprint density at radius 1 is 1.32 bits per heavy atom. The maximum absolute atomic E-state index is 12.7. The van der Waals surface area contributed by atoms with Gasteiger partial charge in [0.25, 0.3) is 0 Å². The van der Waals surface area contributed by atoms with Gasteiger partial charge in [0, 0.05) is 38.1 Å². The van der Waals surface area contributed by atoms with Crippen LogP contribution in [0.2, 0.25) is 0 Å². The van der Waals surface area contributed by atoms with Gasteiger partial charge in [0.1, 0.15) is 0 Å². The number of aromatic nitrogens is 4. The summed E-state index contributed by atoms with van der Waals surface area (Å²) in [6.07, 6.45) is 7.43. The van der Waals surface area contributed by atoms with Gasteiger partial charge in [-0.1, -0.05) is 0 Å². The molecule has 7 heteroatoms. The molecule has 1 fully saturated rings. The monoisotopic (exact) mass is 343 g/mol. The number of carbonyl (C=O) groups is 1. The van der Waals surface area contributed by atoms with E-state index in [4.69, 9.17) is 4.74 Å². The third-order valence-electron chi connectivity index (χ3n) is 4.57. The van der Waals surface area contributed by atoms with Crippen LogP contribution >= 0.6 is 0 Å². The summed E-state index contributed by atoms with van der Waals surface area (Å²) >= 11 is 0. The first-order valence-corrected chi connectivity index (χ1v) is 8.77. The highest BCUT2D eigenvalue weighted by atomic mass is 16.5. The zero-order chi connectivity index (χ0) is 17.6. The van der Waals surface area contributed by atoms with Crippen LogP contribution < -0.4 is 0 Å². The number of hydrogen-bond acceptors (Lipinski definition) is 5. The molecule has 2 aromatic rings. The molecule has 0 bridgehead atoms. The third-order valence-corrected chi connectivity index (χ3v) is 4.57. The Bertz CT molecular complexity index is 715. The van der Waals surface area contributed by atoms with Crippen molar-refractivity contribution >= 4 is 5.91 Å². The molecule has 0 saturated carbocycles. The van der Waals surface area contributed by atoms with Crippen LogP contribution in [-0.4, -0.2) is 56.4 Å². The summed E-state index contributed by atoms with van der Waals surface area (Å²) in [6, 6.07) is 2.05.